The first-order chi connectivity index (χ1) is 14.4. The van der Waals surface area contributed by atoms with Gasteiger partial charge in [-0.3, -0.25) is 9.59 Å². The summed E-state index contributed by atoms with van der Waals surface area (Å²) in [7, 11) is 0. The van der Waals surface area contributed by atoms with E-state index < -0.39 is 29.2 Å². The lowest BCUT2D eigenvalue weighted by Gasteiger charge is -2.36. The summed E-state index contributed by atoms with van der Waals surface area (Å²) < 4.78 is 45.6. The predicted molar refractivity (Wildman–Crippen MR) is 109 cm³/mol. The van der Waals surface area contributed by atoms with Crippen LogP contribution in [0.25, 0.3) is 0 Å². The number of aliphatic hydroxyl groups is 1. The number of anilines is 1. The van der Waals surface area contributed by atoms with Crippen LogP contribution in [0.2, 0.25) is 0 Å². The number of nitrogens with one attached hydrogen (secondary N) is 1. The lowest BCUT2D eigenvalue weighted by Crippen LogP contribution is -2.39. The molecule has 1 amide bonds. The van der Waals surface area contributed by atoms with E-state index in [4.69, 9.17) is 4.74 Å². The first kappa shape index (κ1) is 23.4. The van der Waals surface area contributed by atoms with Gasteiger partial charge in [0, 0.05) is 31.2 Å². The highest BCUT2D eigenvalue weighted by atomic mass is 19.4. The molecule has 1 aromatic carbocycles. The van der Waals surface area contributed by atoms with Gasteiger partial charge in [-0.2, -0.15) is 13.2 Å². The number of halogens is 3. The number of amides is 1. The zero-order chi connectivity index (χ0) is 23.0. The molecule has 1 aromatic rings. The molecule has 2 atom stereocenters. The Morgan fingerprint density at radius 3 is 2.42 bits per heavy atom. The van der Waals surface area contributed by atoms with Crippen LogP contribution in [-0.2, 0) is 20.5 Å². The quantitative estimate of drug-likeness (QED) is 0.701. The molecule has 2 N–H and O–H groups in total. The van der Waals surface area contributed by atoms with Gasteiger partial charge < -0.3 is 20.1 Å². The monoisotopic (exact) mass is 442 g/mol. The van der Waals surface area contributed by atoms with Crippen LogP contribution in [0.3, 0.4) is 0 Å². The van der Waals surface area contributed by atoms with Gasteiger partial charge >= 0.3 is 12.1 Å². The Morgan fingerprint density at radius 2 is 1.87 bits per heavy atom. The van der Waals surface area contributed by atoms with Crippen molar-refractivity contribution in [2.24, 2.45) is 11.8 Å². The van der Waals surface area contributed by atoms with Crippen LogP contribution >= 0.6 is 0 Å². The molecule has 3 rings (SSSR count). The number of piperidine rings is 1. The van der Waals surface area contributed by atoms with Gasteiger partial charge in [0.2, 0.25) is 5.91 Å². The summed E-state index contributed by atoms with van der Waals surface area (Å²) >= 11 is 0. The molecule has 31 heavy (non-hydrogen) atoms. The topological polar surface area (TPSA) is 78.9 Å². The number of hydrogen-bond donors (Lipinski definition) is 2. The van der Waals surface area contributed by atoms with E-state index in [1.807, 2.05) is 4.90 Å². The van der Waals surface area contributed by atoms with Crippen molar-refractivity contribution in [3.8, 4) is 0 Å². The second kappa shape index (κ2) is 8.68. The number of carbonyl (C=O) groups excluding carboxylic acids is 2. The van der Waals surface area contributed by atoms with E-state index in [-0.39, 0.29) is 30.9 Å². The van der Waals surface area contributed by atoms with Crippen molar-refractivity contribution in [3.05, 3.63) is 29.3 Å². The first-order valence-corrected chi connectivity index (χ1v) is 10.5. The van der Waals surface area contributed by atoms with Crippen LogP contribution in [0.15, 0.2) is 18.2 Å². The second-order valence-electron chi connectivity index (χ2n) is 9.21. The summed E-state index contributed by atoms with van der Waals surface area (Å²) in [6, 6.07) is 3.54. The molecule has 2 saturated heterocycles. The maximum absolute atomic E-state index is 13.4. The Kier molecular flexibility index (Phi) is 6.55. The predicted octanol–water partition coefficient (Wildman–Crippen LogP) is 3.09. The summed E-state index contributed by atoms with van der Waals surface area (Å²) in [6.07, 6.45) is -3.56. The van der Waals surface area contributed by atoms with E-state index >= 15 is 0 Å². The number of aliphatic hydroxyl groups excluding tert-OH is 1. The molecule has 9 heteroatoms. The molecule has 6 nitrogen and oxygen atoms in total. The van der Waals surface area contributed by atoms with Gasteiger partial charge in [0.25, 0.3) is 0 Å². The molecule has 0 spiro atoms. The number of alkyl halides is 3. The molecule has 2 aliphatic heterocycles. The fraction of sp³-hybridized carbons (Fsp3) is 0.636. The Balaban J connectivity index is 1.86. The number of ether oxygens (including phenoxy) is 1. The van der Waals surface area contributed by atoms with Gasteiger partial charge in [0.1, 0.15) is 5.60 Å². The molecule has 0 aromatic heterocycles. The van der Waals surface area contributed by atoms with Crippen LogP contribution < -0.4 is 10.2 Å². The third-order valence-electron chi connectivity index (χ3n) is 5.85. The Labute approximate surface area is 179 Å². The summed E-state index contributed by atoms with van der Waals surface area (Å²) in [5.74, 6) is -2.01. The average molecular weight is 442 g/mol. The van der Waals surface area contributed by atoms with Gasteiger partial charge in [-0.1, -0.05) is 6.07 Å². The van der Waals surface area contributed by atoms with Crippen LogP contribution in [-0.4, -0.2) is 48.8 Å². The highest BCUT2D eigenvalue weighted by Crippen LogP contribution is 2.40. The Morgan fingerprint density at radius 1 is 1.23 bits per heavy atom. The smallest absolute Gasteiger partial charge is 0.416 e. The van der Waals surface area contributed by atoms with Gasteiger partial charge in [0.15, 0.2) is 0 Å². The molecule has 0 radical (unpaired) electrons. The van der Waals surface area contributed by atoms with Gasteiger partial charge in [-0.25, -0.2) is 0 Å². The van der Waals surface area contributed by atoms with Crippen molar-refractivity contribution in [1.29, 1.82) is 0 Å². The maximum atomic E-state index is 13.4. The summed E-state index contributed by atoms with van der Waals surface area (Å²) in [5, 5.41) is 12.3. The van der Waals surface area contributed by atoms with Crippen molar-refractivity contribution >= 4 is 17.6 Å². The van der Waals surface area contributed by atoms with Crippen molar-refractivity contribution in [2.75, 3.05) is 31.1 Å². The molecule has 2 aliphatic rings. The van der Waals surface area contributed by atoms with E-state index in [2.05, 4.69) is 5.32 Å². The van der Waals surface area contributed by atoms with E-state index in [1.165, 1.54) is 6.07 Å². The highest BCUT2D eigenvalue weighted by Gasteiger charge is 2.39. The first-order valence-electron chi connectivity index (χ1n) is 10.5. The minimum absolute atomic E-state index is 0.261. The fourth-order valence-corrected chi connectivity index (χ4v) is 4.25. The Hall–Kier alpha value is -2.29. The number of rotatable bonds is 4. The minimum Gasteiger partial charge on any atom is -0.460 e. The normalized spacial score (nSPS) is 23.1. The van der Waals surface area contributed by atoms with Gasteiger partial charge in [0.05, 0.1) is 24.0 Å². The zero-order valence-corrected chi connectivity index (χ0v) is 18.0. The van der Waals surface area contributed by atoms with E-state index in [1.54, 1.807) is 20.8 Å². The van der Waals surface area contributed by atoms with E-state index in [9.17, 15) is 27.9 Å². The second-order valence-corrected chi connectivity index (χ2v) is 9.21. The number of benzene rings is 1. The van der Waals surface area contributed by atoms with Crippen molar-refractivity contribution in [2.45, 2.75) is 51.3 Å². The third-order valence-corrected chi connectivity index (χ3v) is 5.85. The minimum atomic E-state index is -4.50. The molecule has 172 valence electrons. The molecule has 0 aliphatic carbocycles. The summed E-state index contributed by atoms with van der Waals surface area (Å²) in [4.78, 5) is 26.2. The number of carbonyl (C=O) groups is 2. The van der Waals surface area contributed by atoms with E-state index in [0.717, 1.165) is 12.1 Å². The summed E-state index contributed by atoms with van der Waals surface area (Å²) in [6.45, 7) is 6.07. The molecule has 2 fully saturated rings. The molecule has 2 heterocycles. The third kappa shape index (κ3) is 5.31. The fourth-order valence-electron chi connectivity index (χ4n) is 4.25. The highest BCUT2D eigenvalue weighted by molar-refractivity contribution is 5.83. The lowest BCUT2D eigenvalue weighted by atomic mass is 9.86. The SMILES string of the molecule is CC(C)(C)OC(=O)C1CCN(c2cc(C(F)(F)F)ccc2[C@H]2CNC(=O)[C@@H]2CO)CC1. The number of nitrogens with zero attached hydrogens (tertiary/aromatic N) is 1. The van der Waals surface area contributed by atoms with Crippen molar-refractivity contribution in [3.63, 3.8) is 0 Å². The molecular formula is C22H29F3N2O4. The standard InChI is InChI=1S/C22H29F3N2O4/c1-21(2,3)31-20(30)13-6-8-27(9-7-13)18-10-14(22(23,24)25)4-5-15(18)16-11-26-19(29)17(16)12-28/h4-5,10,13,16-17,28H,6-9,11-12H2,1-3H3,(H,26,29)/t16-,17-/m1/s1. The molecular weight excluding hydrogens is 413 g/mol. The van der Waals surface area contributed by atoms with Crippen LogP contribution in [0, 0.1) is 11.8 Å². The zero-order valence-electron chi connectivity index (χ0n) is 18.0. The van der Waals surface area contributed by atoms with Crippen LogP contribution in [0.5, 0.6) is 0 Å². The Bertz CT molecular complexity index is 827. The van der Waals surface area contributed by atoms with Crippen LogP contribution in [0.1, 0.15) is 50.7 Å². The molecule has 0 saturated carbocycles. The molecule has 0 bridgehead atoms. The maximum Gasteiger partial charge on any atom is 0.416 e. The average Bonchev–Trinajstić information content (AvgIpc) is 3.06. The number of esters is 1. The van der Waals surface area contributed by atoms with Gasteiger partial charge in [-0.05, 0) is 51.3 Å². The van der Waals surface area contributed by atoms with Crippen molar-refractivity contribution < 1.29 is 32.6 Å². The van der Waals surface area contributed by atoms with Crippen LogP contribution in [0.4, 0.5) is 18.9 Å². The summed E-state index contributed by atoms with van der Waals surface area (Å²) in [5.41, 5.74) is -0.360. The molecule has 0 unspecified atom stereocenters. The number of hydrogen-bond acceptors (Lipinski definition) is 5. The van der Waals surface area contributed by atoms with Crippen molar-refractivity contribution in [1.82, 2.24) is 5.32 Å². The van der Waals surface area contributed by atoms with E-state index in [0.29, 0.717) is 37.2 Å². The largest absolute Gasteiger partial charge is 0.460 e. The lowest BCUT2D eigenvalue weighted by molar-refractivity contribution is -0.160. The van der Waals surface area contributed by atoms with Gasteiger partial charge in [-0.15, -0.1) is 0 Å².